The molecule has 2 rings (SSSR count). The second-order valence-corrected chi connectivity index (χ2v) is 5.94. The van der Waals surface area contributed by atoms with Gasteiger partial charge in [0.25, 0.3) is 0 Å². The Labute approximate surface area is 133 Å². The summed E-state index contributed by atoms with van der Waals surface area (Å²) in [6, 6.07) is 17.5. The van der Waals surface area contributed by atoms with E-state index >= 15 is 0 Å². The molecule has 0 saturated heterocycles. The van der Waals surface area contributed by atoms with Crippen LogP contribution in [-0.4, -0.2) is 11.9 Å². The molecule has 0 saturated carbocycles. The van der Waals surface area contributed by atoms with Crippen LogP contribution in [0.15, 0.2) is 59.1 Å². The summed E-state index contributed by atoms with van der Waals surface area (Å²) in [5.41, 5.74) is 1.95. The molecule has 0 aliphatic heterocycles. The van der Waals surface area contributed by atoms with Crippen molar-refractivity contribution >= 4 is 27.5 Å². The van der Waals surface area contributed by atoms with Gasteiger partial charge in [0.05, 0.1) is 6.04 Å². The third-order valence-electron chi connectivity index (χ3n) is 3.29. The van der Waals surface area contributed by atoms with Gasteiger partial charge in [-0.05, 0) is 37.6 Å². The highest BCUT2D eigenvalue weighted by molar-refractivity contribution is 9.10. The highest BCUT2D eigenvalue weighted by atomic mass is 79.9. The first-order valence-corrected chi connectivity index (χ1v) is 7.73. The molecule has 0 unspecified atom stereocenters. The van der Waals surface area contributed by atoms with Crippen LogP contribution in [0.3, 0.4) is 0 Å². The first-order chi connectivity index (χ1) is 10.1. The van der Waals surface area contributed by atoms with E-state index in [1.165, 1.54) is 5.56 Å². The maximum absolute atomic E-state index is 12.2. The van der Waals surface area contributed by atoms with Gasteiger partial charge in [-0.2, -0.15) is 0 Å². The van der Waals surface area contributed by atoms with E-state index < -0.39 is 0 Å². The van der Waals surface area contributed by atoms with Crippen LogP contribution in [0.25, 0.3) is 0 Å². The van der Waals surface area contributed by atoms with Gasteiger partial charge in [0.1, 0.15) is 0 Å². The summed E-state index contributed by atoms with van der Waals surface area (Å²) in [5, 5.41) is 6.21. The number of benzene rings is 2. The highest BCUT2D eigenvalue weighted by Crippen LogP contribution is 2.16. The van der Waals surface area contributed by atoms with Crippen molar-refractivity contribution in [3.63, 3.8) is 0 Å². The Morgan fingerprint density at radius 2 is 1.76 bits per heavy atom. The lowest BCUT2D eigenvalue weighted by atomic mass is 10.1. The van der Waals surface area contributed by atoms with Crippen LogP contribution in [-0.2, 0) is 4.79 Å². The summed E-state index contributed by atoms with van der Waals surface area (Å²) in [6.07, 6.45) is 0. The molecule has 110 valence electrons. The van der Waals surface area contributed by atoms with Crippen molar-refractivity contribution in [2.24, 2.45) is 0 Å². The molecule has 0 aliphatic rings. The molecule has 2 N–H and O–H groups in total. The fraction of sp³-hybridized carbons (Fsp3) is 0.235. The first-order valence-electron chi connectivity index (χ1n) is 6.93. The van der Waals surface area contributed by atoms with E-state index in [0.717, 1.165) is 10.2 Å². The number of nitrogens with one attached hydrogen (secondary N) is 2. The molecular weight excluding hydrogens is 328 g/mol. The number of rotatable bonds is 5. The van der Waals surface area contributed by atoms with Crippen LogP contribution in [0.5, 0.6) is 0 Å². The molecule has 2 aromatic rings. The third kappa shape index (κ3) is 4.69. The SMILES string of the molecule is C[C@H](N[C@@H](C)c1ccccc1)C(=O)Nc1cccc(Br)c1. The minimum atomic E-state index is -0.279. The standard InChI is InChI=1S/C17H19BrN2O/c1-12(14-7-4-3-5-8-14)19-13(2)17(21)20-16-10-6-9-15(18)11-16/h3-13,19H,1-2H3,(H,20,21)/t12-,13-/m0/s1. The third-order valence-corrected chi connectivity index (χ3v) is 3.78. The van der Waals surface area contributed by atoms with Gasteiger partial charge in [-0.1, -0.05) is 52.3 Å². The summed E-state index contributed by atoms with van der Waals surface area (Å²) in [7, 11) is 0. The minimum Gasteiger partial charge on any atom is -0.325 e. The highest BCUT2D eigenvalue weighted by Gasteiger charge is 2.16. The molecule has 4 heteroatoms. The Morgan fingerprint density at radius 1 is 1.05 bits per heavy atom. The predicted molar refractivity (Wildman–Crippen MR) is 90.2 cm³/mol. The Kier molecular flexibility index (Phi) is 5.53. The van der Waals surface area contributed by atoms with Crippen LogP contribution in [0.4, 0.5) is 5.69 Å². The first kappa shape index (κ1) is 15.7. The van der Waals surface area contributed by atoms with E-state index in [4.69, 9.17) is 0 Å². The fourth-order valence-electron chi connectivity index (χ4n) is 2.11. The number of anilines is 1. The van der Waals surface area contributed by atoms with Crippen molar-refractivity contribution in [1.29, 1.82) is 0 Å². The summed E-state index contributed by atoms with van der Waals surface area (Å²) in [6.45, 7) is 3.92. The van der Waals surface area contributed by atoms with E-state index in [1.807, 2.05) is 49.4 Å². The molecule has 0 fully saturated rings. The zero-order chi connectivity index (χ0) is 15.2. The average molecular weight is 347 g/mol. The molecule has 0 heterocycles. The van der Waals surface area contributed by atoms with E-state index in [0.29, 0.717) is 0 Å². The second kappa shape index (κ2) is 7.38. The summed E-state index contributed by atoms with van der Waals surface area (Å²) in [5.74, 6) is -0.0455. The predicted octanol–water partition coefficient (Wildman–Crippen LogP) is 4.13. The zero-order valence-corrected chi connectivity index (χ0v) is 13.7. The molecule has 1 amide bonds. The van der Waals surface area contributed by atoms with E-state index in [-0.39, 0.29) is 18.0 Å². The van der Waals surface area contributed by atoms with Crippen molar-refractivity contribution in [3.8, 4) is 0 Å². The maximum atomic E-state index is 12.2. The van der Waals surface area contributed by atoms with Crippen molar-refractivity contribution in [3.05, 3.63) is 64.6 Å². The lowest BCUT2D eigenvalue weighted by Crippen LogP contribution is -2.39. The normalized spacial score (nSPS) is 13.5. The van der Waals surface area contributed by atoms with E-state index in [9.17, 15) is 4.79 Å². The van der Waals surface area contributed by atoms with Gasteiger partial charge in [0.15, 0.2) is 0 Å². The number of hydrogen-bond acceptors (Lipinski definition) is 2. The molecule has 0 aliphatic carbocycles. The molecule has 3 nitrogen and oxygen atoms in total. The van der Waals surface area contributed by atoms with Gasteiger partial charge in [0, 0.05) is 16.2 Å². The molecule has 0 bridgehead atoms. The Hall–Kier alpha value is -1.65. The molecule has 2 atom stereocenters. The van der Waals surface area contributed by atoms with Gasteiger partial charge >= 0.3 is 0 Å². The van der Waals surface area contributed by atoms with Crippen molar-refractivity contribution in [2.75, 3.05) is 5.32 Å². The van der Waals surface area contributed by atoms with Gasteiger partial charge in [-0.15, -0.1) is 0 Å². The zero-order valence-electron chi connectivity index (χ0n) is 12.1. The number of carbonyl (C=O) groups excluding carboxylic acids is 1. The summed E-state index contributed by atoms with van der Waals surface area (Å²) < 4.78 is 0.943. The Balaban J connectivity index is 1.93. The largest absolute Gasteiger partial charge is 0.325 e. The topological polar surface area (TPSA) is 41.1 Å². The number of amides is 1. The quantitative estimate of drug-likeness (QED) is 0.854. The van der Waals surface area contributed by atoms with Gasteiger partial charge in [-0.25, -0.2) is 0 Å². The molecule has 0 radical (unpaired) electrons. The second-order valence-electron chi connectivity index (χ2n) is 5.02. The monoisotopic (exact) mass is 346 g/mol. The van der Waals surface area contributed by atoms with Crippen LogP contribution in [0.2, 0.25) is 0 Å². The molecule has 0 aromatic heterocycles. The van der Waals surface area contributed by atoms with E-state index in [1.54, 1.807) is 0 Å². The smallest absolute Gasteiger partial charge is 0.241 e. The van der Waals surface area contributed by atoms with Crippen LogP contribution in [0.1, 0.15) is 25.5 Å². The summed E-state index contributed by atoms with van der Waals surface area (Å²) >= 11 is 3.39. The molecule has 2 aromatic carbocycles. The van der Waals surface area contributed by atoms with Crippen molar-refractivity contribution in [2.45, 2.75) is 25.9 Å². The fourth-order valence-corrected chi connectivity index (χ4v) is 2.50. The number of carbonyl (C=O) groups is 1. The molecular formula is C17H19BrN2O. The Morgan fingerprint density at radius 3 is 2.43 bits per heavy atom. The lowest BCUT2D eigenvalue weighted by Gasteiger charge is -2.20. The van der Waals surface area contributed by atoms with E-state index in [2.05, 4.69) is 45.6 Å². The van der Waals surface area contributed by atoms with Gasteiger partial charge in [-0.3, -0.25) is 10.1 Å². The summed E-state index contributed by atoms with van der Waals surface area (Å²) in [4.78, 5) is 12.2. The maximum Gasteiger partial charge on any atom is 0.241 e. The van der Waals surface area contributed by atoms with Crippen LogP contribution < -0.4 is 10.6 Å². The van der Waals surface area contributed by atoms with Crippen LogP contribution in [0, 0.1) is 0 Å². The minimum absolute atomic E-state index is 0.0455. The number of hydrogen-bond donors (Lipinski definition) is 2. The number of halogens is 1. The average Bonchev–Trinajstić information content (AvgIpc) is 2.48. The van der Waals surface area contributed by atoms with Crippen molar-refractivity contribution < 1.29 is 4.79 Å². The van der Waals surface area contributed by atoms with Crippen molar-refractivity contribution in [1.82, 2.24) is 5.32 Å². The van der Waals surface area contributed by atoms with Gasteiger partial charge in [0.2, 0.25) is 5.91 Å². The molecule has 0 spiro atoms. The van der Waals surface area contributed by atoms with Crippen LogP contribution >= 0.6 is 15.9 Å². The molecule has 21 heavy (non-hydrogen) atoms. The lowest BCUT2D eigenvalue weighted by molar-refractivity contribution is -0.117. The van der Waals surface area contributed by atoms with Gasteiger partial charge < -0.3 is 5.32 Å². The Bertz CT molecular complexity index is 601.